The van der Waals surface area contributed by atoms with Crippen molar-refractivity contribution >= 4 is 27.7 Å². The smallest absolute Gasteiger partial charge is 0.277 e. The van der Waals surface area contributed by atoms with Gasteiger partial charge in [-0.25, -0.2) is 19.3 Å². The molecule has 2 aromatic rings. The first kappa shape index (κ1) is 23.2. The largest absolute Gasteiger partial charge is 0.480 e. The summed E-state index contributed by atoms with van der Waals surface area (Å²) in [6.07, 6.45) is 4.98. The molecule has 1 saturated heterocycles. The van der Waals surface area contributed by atoms with E-state index in [2.05, 4.69) is 30.0 Å². The van der Waals surface area contributed by atoms with Crippen molar-refractivity contribution in [1.29, 1.82) is 0 Å². The second-order valence-electron chi connectivity index (χ2n) is 8.73. The number of nitrogens with one attached hydrogen (secondary N) is 2. The highest BCUT2D eigenvalue weighted by molar-refractivity contribution is 8.03. The topological polar surface area (TPSA) is 144 Å². The molecule has 4 N–H and O–H groups in total. The van der Waals surface area contributed by atoms with Crippen LogP contribution in [0.1, 0.15) is 49.3 Å². The Bertz CT molecular complexity index is 1160. The average molecular weight is 478 g/mol. The number of nitrogens with zero attached hydrogens (tertiary/aromatic N) is 4. The maximum Gasteiger partial charge on any atom is 0.277 e. The minimum absolute atomic E-state index is 0.0348. The van der Waals surface area contributed by atoms with E-state index in [1.807, 2.05) is 6.92 Å². The summed E-state index contributed by atoms with van der Waals surface area (Å²) in [5, 5.41) is 2.59. The number of anilines is 1. The molecular formula is C21H28FN7O3S. The molecule has 1 fully saturated rings. The van der Waals surface area contributed by atoms with Gasteiger partial charge >= 0.3 is 0 Å². The number of fused-ring (bicyclic) bond motifs is 1. The molecule has 2 aliphatic rings. The van der Waals surface area contributed by atoms with Gasteiger partial charge in [0.2, 0.25) is 5.88 Å². The van der Waals surface area contributed by atoms with Gasteiger partial charge in [-0.3, -0.25) is 18.7 Å². The third-order valence-corrected chi connectivity index (χ3v) is 10.2. The van der Waals surface area contributed by atoms with Crippen molar-refractivity contribution in [2.24, 2.45) is 10.7 Å². The van der Waals surface area contributed by atoms with Crippen molar-refractivity contribution in [2.75, 3.05) is 24.7 Å². The molecule has 1 amide bonds. The van der Waals surface area contributed by atoms with Gasteiger partial charge < -0.3 is 15.8 Å². The quantitative estimate of drug-likeness (QED) is 0.486. The van der Waals surface area contributed by atoms with Crippen LogP contribution in [0.25, 0.3) is 0 Å². The Morgan fingerprint density at radius 3 is 2.76 bits per heavy atom. The fourth-order valence-electron chi connectivity index (χ4n) is 4.34. The van der Waals surface area contributed by atoms with Crippen LogP contribution in [0, 0.1) is 5.82 Å². The number of thiol groups is 1. The van der Waals surface area contributed by atoms with Crippen LogP contribution in [0.2, 0.25) is 0 Å². The van der Waals surface area contributed by atoms with E-state index in [9.17, 15) is 13.4 Å². The van der Waals surface area contributed by atoms with E-state index in [0.717, 1.165) is 12.8 Å². The lowest BCUT2D eigenvalue weighted by Gasteiger charge is -2.48. The number of pyridine rings is 1. The Morgan fingerprint density at radius 2 is 2.06 bits per heavy atom. The standard InChI is InChI=1S/C21H28FN7O3S/c1-20(12-33(31)21(2,19(23)29-20)8-4-5-9-26-33)17-13(22)6-7-15(27-17)28-18(30)14-10-25-16(32-3)11-24-14/h6-7,10-11,33H,4-5,8-9,12H2,1-3H3,(H2,23,29)(H,26,31)(H,27,28,30). The third-order valence-electron chi connectivity index (χ3n) is 6.37. The molecule has 0 aromatic carbocycles. The van der Waals surface area contributed by atoms with Crippen molar-refractivity contribution < 1.29 is 18.1 Å². The summed E-state index contributed by atoms with van der Waals surface area (Å²) in [7, 11) is -1.62. The molecule has 178 valence electrons. The summed E-state index contributed by atoms with van der Waals surface area (Å²) in [6, 6.07) is 2.53. The lowest BCUT2D eigenvalue weighted by molar-refractivity contribution is 0.102. The number of carbonyl (C=O) groups is 1. The molecular weight excluding hydrogens is 449 g/mol. The summed E-state index contributed by atoms with van der Waals surface area (Å²) in [5.41, 5.74) is 5.09. The number of aromatic nitrogens is 3. The van der Waals surface area contributed by atoms with Gasteiger partial charge in [-0.05, 0) is 48.9 Å². The summed E-state index contributed by atoms with van der Waals surface area (Å²) >= 11 is 0. The van der Waals surface area contributed by atoms with Crippen LogP contribution in [-0.2, 0) is 15.7 Å². The van der Waals surface area contributed by atoms with E-state index < -0.39 is 32.1 Å². The number of hydrogen-bond donors (Lipinski definition) is 4. The zero-order valence-corrected chi connectivity index (χ0v) is 19.7. The molecule has 0 bridgehead atoms. The van der Waals surface area contributed by atoms with Crippen LogP contribution in [0.4, 0.5) is 10.2 Å². The van der Waals surface area contributed by atoms with Crippen molar-refractivity contribution in [1.82, 2.24) is 19.7 Å². The Labute approximate surface area is 192 Å². The van der Waals surface area contributed by atoms with Crippen LogP contribution in [0.15, 0.2) is 29.5 Å². The number of amidine groups is 1. The van der Waals surface area contributed by atoms with Crippen molar-refractivity contribution in [3.8, 4) is 5.88 Å². The zero-order valence-electron chi connectivity index (χ0n) is 18.8. The highest BCUT2D eigenvalue weighted by Gasteiger charge is 2.52. The Balaban J connectivity index is 1.67. The molecule has 0 saturated carbocycles. The number of rotatable bonds is 4. The predicted molar refractivity (Wildman–Crippen MR) is 124 cm³/mol. The first-order valence-electron chi connectivity index (χ1n) is 10.6. The van der Waals surface area contributed by atoms with Crippen LogP contribution >= 0.6 is 0 Å². The SMILES string of the molecule is COc1cnc(C(=O)Nc2ccc(F)c(C3(C)C[SH]4(=O)NCCCCC4(C)C(N)=N3)n2)cn1. The molecule has 2 aliphatic heterocycles. The number of ether oxygens (including phenoxy) is 1. The monoisotopic (exact) mass is 477 g/mol. The number of nitrogens with two attached hydrogens (primary N) is 1. The second kappa shape index (κ2) is 8.41. The Morgan fingerprint density at radius 1 is 1.27 bits per heavy atom. The molecule has 10 nitrogen and oxygen atoms in total. The minimum Gasteiger partial charge on any atom is -0.480 e. The maximum atomic E-state index is 15.0. The molecule has 0 aliphatic carbocycles. The van der Waals surface area contributed by atoms with Gasteiger partial charge in [-0.15, -0.1) is 0 Å². The zero-order chi connectivity index (χ0) is 23.9. The fraction of sp³-hybridized carbons (Fsp3) is 0.476. The number of aliphatic imine (C=N–C) groups is 1. The van der Waals surface area contributed by atoms with Gasteiger partial charge in [0.1, 0.15) is 34.4 Å². The molecule has 2 unspecified atom stereocenters. The summed E-state index contributed by atoms with van der Waals surface area (Å²) in [4.78, 5) is 29.4. The number of carbonyl (C=O) groups excluding carboxylic acids is 1. The van der Waals surface area contributed by atoms with E-state index in [1.54, 1.807) is 6.92 Å². The lowest BCUT2D eigenvalue weighted by Crippen LogP contribution is -2.64. The molecule has 12 heteroatoms. The highest BCUT2D eigenvalue weighted by atomic mass is 32.3. The van der Waals surface area contributed by atoms with Crippen LogP contribution in [0.3, 0.4) is 0 Å². The van der Waals surface area contributed by atoms with E-state index in [0.29, 0.717) is 13.0 Å². The van der Waals surface area contributed by atoms with Crippen molar-refractivity contribution in [3.05, 3.63) is 41.7 Å². The lowest BCUT2D eigenvalue weighted by atomic mass is 9.96. The maximum absolute atomic E-state index is 15.0. The summed E-state index contributed by atoms with van der Waals surface area (Å²) in [5.74, 6) is -0.521. The third kappa shape index (κ3) is 4.08. The average Bonchev–Trinajstić information content (AvgIpc) is 2.93. The van der Waals surface area contributed by atoms with E-state index in [1.165, 1.54) is 31.6 Å². The van der Waals surface area contributed by atoms with E-state index >= 15 is 0 Å². The fourth-order valence-corrected chi connectivity index (χ4v) is 7.70. The van der Waals surface area contributed by atoms with Crippen LogP contribution in [-0.4, -0.2) is 55.1 Å². The summed E-state index contributed by atoms with van der Waals surface area (Å²) < 4.78 is 36.4. The van der Waals surface area contributed by atoms with Crippen LogP contribution in [0.5, 0.6) is 5.88 Å². The Hall–Kier alpha value is -2.99. The van der Waals surface area contributed by atoms with E-state index in [-0.39, 0.29) is 34.7 Å². The van der Waals surface area contributed by atoms with Crippen LogP contribution < -0.4 is 20.5 Å². The minimum atomic E-state index is -3.06. The molecule has 0 radical (unpaired) electrons. The molecule has 4 heterocycles. The number of halogens is 1. The normalized spacial score (nSPS) is 27.5. The number of hydrogen-bond acceptors (Lipinski definition) is 8. The first-order valence-corrected chi connectivity index (χ1v) is 12.5. The van der Waals surface area contributed by atoms with Gasteiger partial charge in [0, 0.05) is 12.3 Å². The molecule has 4 rings (SSSR count). The van der Waals surface area contributed by atoms with Crippen molar-refractivity contribution in [2.45, 2.75) is 43.4 Å². The van der Waals surface area contributed by atoms with Gasteiger partial charge in [-0.2, -0.15) is 0 Å². The summed E-state index contributed by atoms with van der Waals surface area (Å²) in [6.45, 7) is 4.13. The van der Waals surface area contributed by atoms with Gasteiger partial charge in [0.25, 0.3) is 5.91 Å². The molecule has 33 heavy (non-hydrogen) atoms. The molecule has 0 spiro atoms. The predicted octanol–water partition coefficient (Wildman–Crippen LogP) is 1.32. The second-order valence-corrected chi connectivity index (χ2v) is 11.8. The van der Waals surface area contributed by atoms with E-state index in [4.69, 9.17) is 10.5 Å². The van der Waals surface area contributed by atoms with Gasteiger partial charge in [-0.1, -0.05) is 6.42 Å². The van der Waals surface area contributed by atoms with Gasteiger partial charge in [0.15, 0.2) is 0 Å². The number of amides is 1. The van der Waals surface area contributed by atoms with Gasteiger partial charge in [0.05, 0.1) is 24.3 Å². The Kier molecular flexibility index (Phi) is 5.91. The highest BCUT2D eigenvalue weighted by Crippen LogP contribution is 2.42. The molecule has 2 aromatic heterocycles. The molecule has 2 atom stereocenters. The van der Waals surface area contributed by atoms with Crippen molar-refractivity contribution in [3.63, 3.8) is 0 Å². The first-order chi connectivity index (χ1) is 15.6. The number of methoxy groups -OCH3 is 1.